The first kappa shape index (κ1) is 22.8. The van der Waals surface area contributed by atoms with Gasteiger partial charge in [-0.3, -0.25) is 4.90 Å². The van der Waals surface area contributed by atoms with Crippen LogP contribution in [0.25, 0.3) is 0 Å². The van der Waals surface area contributed by atoms with Gasteiger partial charge in [-0.15, -0.1) is 0 Å². The molecule has 0 aliphatic carbocycles. The number of anilines is 1. The molecule has 0 unspecified atom stereocenters. The standard InChI is InChI=1S/C20H17ClF4N2O4S/c1-10-15(22)17(24)18(25)19(16(10)23)32(29,30)26-6-4-13(5-7-26)27-14-3-2-12(21)8-11(14)9-31-20(27)28/h2-3,8,13H,4-7,9H2,1H3. The second-order valence-electron chi connectivity index (χ2n) is 7.54. The highest BCUT2D eigenvalue weighted by molar-refractivity contribution is 7.89. The zero-order valence-electron chi connectivity index (χ0n) is 16.7. The Bertz CT molecular complexity index is 1190. The highest BCUT2D eigenvalue weighted by Gasteiger charge is 2.40. The van der Waals surface area contributed by atoms with Crippen LogP contribution >= 0.6 is 11.6 Å². The Hall–Kier alpha value is -2.37. The zero-order chi connectivity index (χ0) is 23.4. The number of cyclic esters (lactones) is 1. The van der Waals surface area contributed by atoms with Crippen molar-refractivity contribution in [3.63, 3.8) is 0 Å². The lowest BCUT2D eigenvalue weighted by Gasteiger charge is -2.39. The topological polar surface area (TPSA) is 66.9 Å². The molecule has 2 aromatic rings. The van der Waals surface area contributed by atoms with Gasteiger partial charge in [-0.1, -0.05) is 11.6 Å². The summed E-state index contributed by atoms with van der Waals surface area (Å²) in [6.45, 7) is 0.476. The first-order valence-corrected chi connectivity index (χ1v) is 11.4. The van der Waals surface area contributed by atoms with Crippen molar-refractivity contribution in [2.45, 2.75) is 37.3 Å². The molecular weight excluding hydrogens is 476 g/mol. The first-order chi connectivity index (χ1) is 15.0. The van der Waals surface area contributed by atoms with E-state index in [9.17, 15) is 30.8 Å². The Labute approximate surface area is 186 Å². The highest BCUT2D eigenvalue weighted by atomic mass is 35.5. The van der Waals surface area contributed by atoms with E-state index in [0.717, 1.165) is 11.2 Å². The summed E-state index contributed by atoms with van der Waals surface area (Å²) in [4.78, 5) is 12.3. The lowest BCUT2D eigenvalue weighted by atomic mass is 10.0. The van der Waals surface area contributed by atoms with Crippen LogP contribution in [0.4, 0.5) is 28.0 Å². The number of sulfonamides is 1. The van der Waals surface area contributed by atoms with Gasteiger partial charge in [-0.05, 0) is 38.0 Å². The molecule has 6 nitrogen and oxygen atoms in total. The molecule has 2 aromatic carbocycles. The molecule has 12 heteroatoms. The molecule has 0 aromatic heterocycles. The molecule has 2 aliphatic rings. The third-order valence-electron chi connectivity index (χ3n) is 5.68. The number of rotatable bonds is 3. The van der Waals surface area contributed by atoms with E-state index in [1.807, 2.05) is 0 Å². The molecule has 1 saturated heterocycles. The second kappa shape index (κ2) is 8.20. The summed E-state index contributed by atoms with van der Waals surface area (Å²) < 4.78 is 87.7. The third kappa shape index (κ3) is 3.61. The minimum atomic E-state index is -4.79. The Balaban J connectivity index is 1.60. The average molecular weight is 493 g/mol. The van der Waals surface area contributed by atoms with E-state index in [1.165, 1.54) is 4.90 Å². The maximum atomic E-state index is 14.4. The van der Waals surface area contributed by atoms with Crippen LogP contribution in [0.5, 0.6) is 0 Å². The Morgan fingerprint density at radius 2 is 1.69 bits per heavy atom. The third-order valence-corrected chi connectivity index (χ3v) is 7.83. The number of carbonyl (C=O) groups is 1. The van der Waals surface area contributed by atoms with Crippen molar-refractivity contribution in [2.24, 2.45) is 0 Å². The van der Waals surface area contributed by atoms with Crippen molar-refractivity contribution in [3.05, 3.63) is 57.6 Å². The lowest BCUT2D eigenvalue weighted by molar-refractivity contribution is 0.136. The van der Waals surface area contributed by atoms with Crippen LogP contribution in [0.3, 0.4) is 0 Å². The molecule has 32 heavy (non-hydrogen) atoms. The summed E-state index contributed by atoms with van der Waals surface area (Å²) in [6, 6.07) is 4.49. The molecule has 4 rings (SSSR count). The fraction of sp³-hybridized carbons (Fsp3) is 0.350. The van der Waals surface area contributed by atoms with Crippen molar-refractivity contribution >= 4 is 33.4 Å². The lowest BCUT2D eigenvalue weighted by Crippen LogP contribution is -2.50. The van der Waals surface area contributed by atoms with Crippen LogP contribution in [0.2, 0.25) is 5.02 Å². The molecule has 1 amide bonds. The van der Waals surface area contributed by atoms with E-state index in [0.29, 0.717) is 16.3 Å². The van der Waals surface area contributed by atoms with Crippen molar-refractivity contribution in [2.75, 3.05) is 18.0 Å². The van der Waals surface area contributed by atoms with Gasteiger partial charge in [0.05, 0.1) is 5.69 Å². The van der Waals surface area contributed by atoms with E-state index in [1.54, 1.807) is 18.2 Å². The second-order valence-corrected chi connectivity index (χ2v) is 9.85. The Morgan fingerprint density at radius 3 is 2.34 bits per heavy atom. The van der Waals surface area contributed by atoms with Crippen LogP contribution < -0.4 is 4.90 Å². The minimum absolute atomic E-state index is 0.0481. The summed E-state index contributed by atoms with van der Waals surface area (Å²) in [5.74, 6) is -7.60. The molecule has 1 fully saturated rings. The summed E-state index contributed by atoms with van der Waals surface area (Å²) in [5.41, 5.74) is 0.345. The summed E-state index contributed by atoms with van der Waals surface area (Å²) in [5, 5.41) is 0.466. The number of carbonyl (C=O) groups excluding carboxylic acids is 1. The monoisotopic (exact) mass is 492 g/mol. The number of halogens is 5. The van der Waals surface area contributed by atoms with Crippen LogP contribution in [-0.4, -0.2) is 37.9 Å². The van der Waals surface area contributed by atoms with E-state index < -0.39 is 55.9 Å². The molecule has 0 N–H and O–H groups in total. The van der Waals surface area contributed by atoms with Crippen LogP contribution in [0, 0.1) is 30.2 Å². The SMILES string of the molecule is Cc1c(F)c(F)c(F)c(S(=O)(=O)N2CCC(N3C(=O)OCc4cc(Cl)ccc43)CC2)c1F. The summed E-state index contributed by atoms with van der Waals surface area (Å²) in [7, 11) is -4.79. The quantitative estimate of drug-likeness (QED) is 0.359. The smallest absolute Gasteiger partial charge is 0.414 e. The number of piperidine rings is 1. The normalized spacial score (nSPS) is 17.9. The molecule has 0 spiro atoms. The van der Waals surface area contributed by atoms with Crippen molar-refractivity contribution < 1.29 is 35.5 Å². The number of hydrogen-bond donors (Lipinski definition) is 0. The number of fused-ring (bicyclic) bond motifs is 1. The van der Waals surface area contributed by atoms with Crippen molar-refractivity contribution in [1.82, 2.24) is 4.31 Å². The molecule has 172 valence electrons. The van der Waals surface area contributed by atoms with Gasteiger partial charge in [-0.25, -0.2) is 30.8 Å². The predicted octanol–water partition coefficient (Wildman–Crippen LogP) is 4.51. The first-order valence-electron chi connectivity index (χ1n) is 9.61. The Kier molecular flexibility index (Phi) is 5.84. The molecule has 0 saturated carbocycles. The van der Waals surface area contributed by atoms with E-state index in [4.69, 9.17) is 16.3 Å². The van der Waals surface area contributed by atoms with E-state index in [-0.39, 0.29) is 32.5 Å². The van der Waals surface area contributed by atoms with Gasteiger partial charge in [0.2, 0.25) is 10.0 Å². The molecule has 0 atom stereocenters. The number of benzene rings is 2. The van der Waals surface area contributed by atoms with Gasteiger partial charge in [-0.2, -0.15) is 4.31 Å². The van der Waals surface area contributed by atoms with Gasteiger partial charge < -0.3 is 4.74 Å². The van der Waals surface area contributed by atoms with Gasteiger partial charge in [0.15, 0.2) is 28.2 Å². The summed E-state index contributed by atoms with van der Waals surface area (Å²) in [6.07, 6.45) is -0.348. The molecule has 2 heterocycles. The highest BCUT2D eigenvalue weighted by Crippen LogP contribution is 2.35. The van der Waals surface area contributed by atoms with Crippen molar-refractivity contribution in [1.29, 1.82) is 0 Å². The molecular formula is C20H17ClF4N2O4S. The van der Waals surface area contributed by atoms with Crippen molar-refractivity contribution in [3.8, 4) is 0 Å². The van der Waals surface area contributed by atoms with E-state index >= 15 is 0 Å². The number of ether oxygens (including phenoxy) is 1. The van der Waals surface area contributed by atoms with Gasteiger partial charge >= 0.3 is 6.09 Å². The fourth-order valence-corrected chi connectivity index (χ4v) is 5.82. The van der Waals surface area contributed by atoms with Crippen LogP contribution in [-0.2, 0) is 21.4 Å². The zero-order valence-corrected chi connectivity index (χ0v) is 18.2. The van der Waals surface area contributed by atoms with Crippen LogP contribution in [0.15, 0.2) is 23.1 Å². The minimum Gasteiger partial charge on any atom is -0.444 e. The molecule has 2 aliphatic heterocycles. The maximum Gasteiger partial charge on any atom is 0.414 e. The Morgan fingerprint density at radius 1 is 1.03 bits per heavy atom. The van der Waals surface area contributed by atoms with Gasteiger partial charge in [0.1, 0.15) is 6.61 Å². The average Bonchev–Trinajstić information content (AvgIpc) is 2.76. The molecule has 0 bridgehead atoms. The fourth-order valence-electron chi connectivity index (χ4n) is 3.98. The van der Waals surface area contributed by atoms with E-state index in [2.05, 4.69) is 0 Å². The number of hydrogen-bond acceptors (Lipinski definition) is 4. The summed E-state index contributed by atoms with van der Waals surface area (Å²) >= 11 is 5.99. The predicted molar refractivity (Wildman–Crippen MR) is 107 cm³/mol. The van der Waals surface area contributed by atoms with Crippen LogP contribution in [0.1, 0.15) is 24.0 Å². The molecule has 0 radical (unpaired) electrons. The largest absolute Gasteiger partial charge is 0.444 e. The number of amides is 1. The van der Waals surface area contributed by atoms with Gasteiger partial charge in [0.25, 0.3) is 0 Å². The van der Waals surface area contributed by atoms with Gasteiger partial charge in [0, 0.05) is 35.3 Å². The number of nitrogens with zero attached hydrogens (tertiary/aromatic N) is 2. The maximum absolute atomic E-state index is 14.4.